The topological polar surface area (TPSA) is 255 Å². The molecule has 0 spiro atoms. The average Bonchev–Trinajstić information content (AvgIpc) is 2.70. The molecule has 3 amide bonds. The summed E-state index contributed by atoms with van der Waals surface area (Å²) in [5.41, 5.74) is 15.9. The Labute approximate surface area is 184 Å². The van der Waals surface area contributed by atoms with Crippen LogP contribution in [0, 0.1) is 0 Å². The van der Waals surface area contributed by atoms with Crippen LogP contribution in [0.5, 0.6) is 0 Å². The lowest BCUT2D eigenvalue weighted by atomic mass is 10.1. The molecule has 0 aromatic rings. The molecule has 5 unspecified atom stereocenters. The fourth-order valence-electron chi connectivity index (χ4n) is 2.24. The van der Waals surface area contributed by atoms with Crippen molar-refractivity contribution in [1.29, 1.82) is 0 Å². The van der Waals surface area contributed by atoms with E-state index in [0.29, 0.717) is 0 Å². The monoisotopic (exact) mass is 465 g/mol. The smallest absolute Gasteiger partial charge is 0.326 e. The van der Waals surface area contributed by atoms with Gasteiger partial charge in [-0.1, -0.05) is 0 Å². The maximum atomic E-state index is 12.4. The number of carboxylic acid groups (broad SMARTS) is 1. The molecule has 0 aliphatic rings. The zero-order chi connectivity index (χ0) is 24.1. The van der Waals surface area contributed by atoms with Gasteiger partial charge in [-0.3, -0.25) is 19.4 Å². The summed E-state index contributed by atoms with van der Waals surface area (Å²) in [6.07, 6.45) is -1.13. The molecule has 0 radical (unpaired) electrons. The molecule has 14 nitrogen and oxygen atoms in total. The van der Waals surface area contributed by atoms with Gasteiger partial charge in [0.25, 0.3) is 0 Å². The minimum atomic E-state index is -1.54. The number of aliphatic hydroxyl groups excluding tert-OH is 2. The number of nitrogens with one attached hydrogen (secondary N) is 3. The van der Waals surface area contributed by atoms with E-state index < -0.39 is 60.6 Å². The molecule has 0 saturated carbocycles. The maximum absolute atomic E-state index is 12.4. The van der Waals surface area contributed by atoms with E-state index in [9.17, 15) is 34.5 Å². The average molecular weight is 466 g/mol. The highest BCUT2D eigenvalue weighted by Gasteiger charge is 2.31. The molecule has 0 bridgehead atoms. The third kappa shape index (κ3) is 10.8. The van der Waals surface area contributed by atoms with E-state index in [2.05, 4.69) is 33.6 Å². The Hall–Kier alpha value is -2.62. The number of rotatable bonds is 14. The minimum absolute atomic E-state index is 0.0125. The van der Waals surface area contributed by atoms with Crippen molar-refractivity contribution < 1.29 is 34.5 Å². The van der Waals surface area contributed by atoms with Gasteiger partial charge in [0.05, 0.1) is 18.8 Å². The van der Waals surface area contributed by atoms with Crippen LogP contribution in [-0.4, -0.2) is 94.1 Å². The van der Waals surface area contributed by atoms with Crippen LogP contribution in [0.15, 0.2) is 4.99 Å². The Bertz CT molecular complexity index is 658. The van der Waals surface area contributed by atoms with Gasteiger partial charge in [0.2, 0.25) is 17.7 Å². The van der Waals surface area contributed by atoms with Crippen molar-refractivity contribution in [3.63, 3.8) is 0 Å². The second-order valence-electron chi connectivity index (χ2n) is 6.61. The van der Waals surface area contributed by atoms with E-state index in [4.69, 9.17) is 17.2 Å². The second-order valence-corrected chi connectivity index (χ2v) is 6.97. The van der Waals surface area contributed by atoms with Crippen LogP contribution < -0.4 is 33.2 Å². The molecule has 0 heterocycles. The zero-order valence-corrected chi connectivity index (χ0v) is 17.9. The summed E-state index contributed by atoms with van der Waals surface area (Å²) >= 11 is 3.86. The fraction of sp³-hybridized carbons (Fsp3) is 0.688. The summed E-state index contributed by atoms with van der Waals surface area (Å²) in [6, 6.07) is -5.38. The number of aliphatic carboxylic acids is 1. The van der Waals surface area contributed by atoms with E-state index >= 15 is 0 Å². The number of hydrogen-bond acceptors (Lipinski definition) is 9. The number of nitrogens with two attached hydrogens (primary N) is 3. The molecule has 5 atom stereocenters. The van der Waals surface area contributed by atoms with Gasteiger partial charge in [-0.2, -0.15) is 12.6 Å². The van der Waals surface area contributed by atoms with Crippen molar-refractivity contribution in [2.24, 2.45) is 22.2 Å². The molecule has 0 saturated heterocycles. The summed E-state index contributed by atoms with van der Waals surface area (Å²) < 4.78 is 0. The van der Waals surface area contributed by atoms with E-state index in [1.54, 1.807) is 0 Å². The van der Waals surface area contributed by atoms with Crippen molar-refractivity contribution in [3.8, 4) is 0 Å². The van der Waals surface area contributed by atoms with E-state index in [1.807, 2.05) is 0 Å². The molecule has 0 aromatic carbocycles. The number of aliphatic hydroxyl groups is 2. The van der Waals surface area contributed by atoms with Gasteiger partial charge in [-0.25, -0.2) is 4.79 Å². The number of nitrogens with zero attached hydrogens (tertiary/aromatic N) is 1. The summed E-state index contributed by atoms with van der Waals surface area (Å²) in [7, 11) is 0. The van der Waals surface area contributed by atoms with E-state index in [-0.39, 0.29) is 31.1 Å². The van der Waals surface area contributed by atoms with Crippen LogP contribution in [0.2, 0.25) is 0 Å². The van der Waals surface area contributed by atoms with Crippen LogP contribution in [0.25, 0.3) is 0 Å². The third-order valence-electron chi connectivity index (χ3n) is 3.97. The quantitative estimate of drug-likeness (QED) is 0.0506. The van der Waals surface area contributed by atoms with Gasteiger partial charge in [0, 0.05) is 12.3 Å². The first-order valence-electron chi connectivity index (χ1n) is 9.29. The Kier molecular flexibility index (Phi) is 13.2. The minimum Gasteiger partial charge on any atom is -0.480 e. The number of thiol groups is 1. The summed E-state index contributed by atoms with van der Waals surface area (Å²) in [6.45, 7) is 0.503. The molecule has 0 rings (SSSR count). The van der Waals surface area contributed by atoms with E-state index in [1.165, 1.54) is 6.92 Å². The number of carbonyl (C=O) groups is 4. The highest BCUT2D eigenvalue weighted by molar-refractivity contribution is 7.80. The predicted octanol–water partition coefficient (Wildman–Crippen LogP) is -4.79. The van der Waals surface area contributed by atoms with Crippen LogP contribution in [0.4, 0.5) is 0 Å². The largest absolute Gasteiger partial charge is 0.480 e. The Morgan fingerprint density at radius 3 is 2.06 bits per heavy atom. The first-order chi connectivity index (χ1) is 14.4. The third-order valence-corrected chi connectivity index (χ3v) is 4.36. The molecule has 0 aromatic heterocycles. The van der Waals surface area contributed by atoms with Crippen molar-refractivity contribution in [2.45, 2.75) is 50.0 Å². The summed E-state index contributed by atoms with van der Waals surface area (Å²) in [4.78, 5) is 51.7. The van der Waals surface area contributed by atoms with Gasteiger partial charge < -0.3 is 48.5 Å². The maximum Gasteiger partial charge on any atom is 0.326 e. The van der Waals surface area contributed by atoms with Crippen LogP contribution in [0.3, 0.4) is 0 Å². The first-order valence-corrected chi connectivity index (χ1v) is 9.92. The number of amides is 3. The van der Waals surface area contributed by atoms with Crippen molar-refractivity contribution in [1.82, 2.24) is 16.0 Å². The Morgan fingerprint density at radius 2 is 1.61 bits per heavy atom. The molecule has 31 heavy (non-hydrogen) atoms. The van der Waals surface area contributed by atoms with Gasteiger partial charge in [0.1, 0.15) is 18.1 Å². The van der Waals surface area contributed by atoms with Gasteiger partial charge in [-0.05, 0) is 19.8 Å². The van der Waals surface area contributed by atoms with Gasteiger partial charge in [-0.15, -0.1) is 0 Å². The number of carbonyl (C=O) groups excluding carboxylic acids is 3. The normalized spacial score (nSPS) is 15.5. The molecule has 178 valence electrons. The molecule has 0 fully saturated rings. The number of aliphatic imine (C=N–C) groups is 1. The Balaban J connectivity index is 5.07. The molecular weight excluding hydrogens is 434 g/mol. The zero-order valence-electron chi connectivity index (χ0n) is 17.0. The molecule has 0 aliphatic heterocycles. The highest BCUT2D eigenvalue weighted by Crippen LogP contribution is 2.01. The van der Waals surface area contributed by atoms with Crippen molar-refractivity contribution in [3.05, 3.63) is 0 Å². The molecular formula is C16H31N7O7S. The number of guanidine groups is 1. The standard InChI is InChI=1S/C16H31N7O7S/c1-7(25)11(23-12(26)8(17)6-31)14(28)22-10(5-24)13(27)21-9(15(29)30)3-2-4-20-16(18)19/h7-11,24-25,31H,2-6,17H2,1H3,(H,21,27)(H,22,28)(H,23,26)(H,29,30)(H4,18,19,20). The Morgan fingerprint density at radius 1 is 1.03 bits per heavy atom. The lowest BCUT2D eigenvalue weighted by Gasteiger charge is -2.25. The lowest BCUT2D eigenvalue weighted by Crippen LogP contribution is -2.60. The van der Waals surface area contributed by atoms with Gasteiger partial charge in [0.15, 0.2) is 5.96 Å². The number of carboxylic acids is 1. The first kappa shape index (κ1) is 28.4. The predicted molar refractivity (Wildman–Crippen MR) is 114 cm³/mol. The lowest BCUT2D eigenvalue weighted by molar-refractivity contribution is -0.143. The summed E-state index contributed by atoms with van der Waals surface area (Å²) in [5, 5.41) is 35.1. The van der Waals surface area contributed by atoms with Crippen molar-refractivity contribution in [2.75, 3.05) is 18.9 Å². The number of hydrogen-bond donors (Lipinski definition) is 10. The molecule has 12 N–H and O–H groups in total. The van der Waals surface area contributed by atoms with E-state index in [0.717, 1.165) is 0 Å². The van der Waals surface area contributed by atoms with Crippen LogP contribution >= 0.6 is 12.6 Å². The van der Waals surface area contributed by atoms with Crippen LogP contribution in [-0.2, 0) is 19.2 Å². The van der Waals surface area contributed by atoms with Crippen molar-refractivity contribution >= 4 is 42.3 Å². The van der Waals surface area contributed by atoms with Gasteiger partial charge >= 0.3 is 5.97 Å². The van der Waals surface area contributed by atoms with Crippen LogP contribution in [0.1, 0.15) is 19.8 Å². The molecule has 0 aliphatic carbocycles. The molecule has 15 heteroatoms. The SMILES string of the molecule is CC(O)C(NC(=O)C(N)CS)C(=O)NC(CO)C(=O)NC(CCCN=C(N)N)C(=O)O. The summed E-state index contributed by atoms with van der Waals surface area (Å²) in [5.74, 6) is -4.23. The second kappa shape index (κ2) is 14.4. The highest BCUT2D eigenvalue weighted by atomic mass is 32.1. The fourth-order valence-corrected chi connectivity index (χ4v) is 2.40.